The number of carbonyl (C=O) groups excluding carboxylic acids is 1. The lowest BCUT2D eigenvalue weighted by Crippen LogP contribution is -2.60. The standard InChI is InChI=1S/C53H103NO8/c1-3-5-7-9-11-13-14-15-16-17-18-19-20-21-22-23-24-25-26-27-28-29-30-31-32-33-35-37-39-41-43-49(57)54-46(47(56)42-40-38-36-34-12-10-8-6-4-2)45-61-53-52(60)51(59)50(58)48(44-55)62-53/h40,42,46-48,50-53,55-56,58-60H,3-39,41,43-45H2,1-2H3,(H,54,57)/b42-40+. The first kappa shape index (κ1) is 58.9. The molecule has 1 amide bonds. The van der Waals surface area contributed by atoms with Gasteiger partial charge in [-0.2, -0.15) is 0 Å². The van der Waals surface area contributed by atoms with Crippen molar-refractivity contribution in [2.75, 3.05) is 13.2 Å². The van der Waals surface area contributed by atoms with Gasteiger partial charge in [0.15, 0.2) is 6.29 Å². The van der Waals surface area contributed by atoms with Gasteiger partial charge in [0.05, 0.1) is 25.4 Å². The van der Waals surface area contributed by atoms with Gasteiger partial charge >= 0.3 is 0 Å². The van der Waals surface area contributed by atoms with Crippen molar-refractivity contribution >= 4 is 5.91 Å². The van der Waals surface area contributed by atoms with Crippen LogP contribution >= 0.6 is 0 Å². The molecular formula is C53H103NO8. The highest BCUT2D eigenvalue weighted by Crippen LogP contribution is 2.23. The monoisotopic (exact) mass is 882 g/mol. The lowest BCUT2D eigenvalue weighted by molar-refractivity contribution is -0.302. The van der Waals surface area contributed by atoms with Crippen LogP contribution in [-0.2, 0) is 14.3 Å². The molecule has 1 saturated heterocycles. The lowest BCUT2D eigenvalue weighted by atomic mass is 9.99. The molecule has 9 heteroatoms. The summed E-state index contributed by atoms with van der Waals surface area (Å²) < 4.78 is 11.2. The van der Waals surface area contributed by atoms with Gasteiger partial charge in [0.25, 0.3) is 0 Å². The molecule has 1 aliphatic rings. The third-order valence-corrected chi connectivity index (χ3v) is 13.1. The second-order valence-corrected chi connectivity index (χ2v) is 19.0. The highest BCUT2D eigenvalue weighted by atomic mass is 16.7. The SMILES string of the molecule is CCCCCCCCC/C=C/C(O)C(COC1OC(CO)C(O)C(O)C1O)NC(=O)CCCCCCCCCCCCCCCCCCCCCCCCCCCCCCCC. The molecule has 0 saturated carbocycles. The van der Waals surface area contributed by atoms with Crippen LogP contribution in [0, 0.1) is 0 Å². The lowest BCUT2D eigenvalue weighted by Gasteiger charge is -2.40. The molecule has 9 nitrogen and oxygen atoms in total. The Bertz CT molecular complexity index is 981. The van der Waals surface area contributed by atoms with Gasteiger partial charge in [-0.1, -0.05) is 251 Å². The first-order valence-electron chi connectivity index (χ1n) is 26.9. The molecule has 1 aliphatic heterocycles. The molecule has 1 heterocycles. The number of ether oxygens (including phenoxy) is 2. The largest absolute Gasteiger partial charge is 0.394 e. The Morgan fingerprint density at radius 1 is 0.532 bits per heavy atom. The summed E-state index contributed by atoms with van der Waals surface area (Å²) >= 11 is 0. The number of hydrogen-bond acceptors (Lipinski definition) is 8. The van der Waals surface area contributed by atoms with E-state index in [9.17, 15) is 30.3 Å². The van der Waals surface area contributed by atoms with Crippen molar-refractivity contribution in [2.24, 2.45) is 0 Å². The third kappa shape index (κ3) is 33.4. The summed E-state index contributed by atoms with van der Waals surface area (Å²) in [5.41, 5.74) is 0. The molecule has 1 fully saturated rings. The predicted molar refractivity (Wildman–Crippen MR) is 258 cm³/mol. The minimum absolute atomic E-state index is 0.174. The summed E-state index contributed by atoms with van der Waals surface area (Å²) in [6.45, 7) is 3.77. The number of allylic oxidation sites excluding steroid dienone is 1. The second kappa shape index (κ2) is 43.8. The van der Waals surface area contributed by atoms with Gasteiger partial charge in [-0.05, 0) is 19.3 Å². The van der Waals surface area contributed by atoms with Crippen molar-refractivity contribution < 1.29 is 39.8 Å². The molecule has 7 atom stereocenters. The second-order valence-electron chi connectivity index (χ2n) is 19.0. The van der Waals surface area contributed by atoms with Crippen LogP contribution in [0.15, 0.2) is 12.2 Å². The Balaban J connectivity index is 2.08. The van der Waals surface area contributed by atoms with Crippen molar-refractivity contribution in [3.05, 3.63) is 12.2 Å². The quantitative estimate of drug-likeness (QED) is 0.0261. The minimum Gasteiger partial charge on any atom is -0.394 e. The fraction of sp³-hybridized carbons (Fsp3) is 0.943. The van der Waals surface area contributed by atoms with E-state index in [4.69, 9.17) is 9.47 Å². The maximum Gasteiger partial charge on any atom is 0.220 e. The fourth-order valence-corrected chi connectivity index (χ4v) is 8.81. The molecule has 7 unspecified atom stereocenters. The van der Waals surface area contributed by atoms with E-state index >= 15 is 0 Å². The summed E-state index contributed by atoms with van der Waals surface area (Å²) in [4.78, 5) is 13.0. The van der Waals surface area contributed by atoms with E-state index in [1.165, 1.54) is 205 Å². The zero-order chi connectivity index (χ0) is 45.1. The normalized spacial score (nSPS) is 20.3. The molecule has 0 spiro atoms. The Kier molecular flexibility index (Phi) is 41.6. The molecule has 0 aromatic carbocycles. The maximum atomic E-state index is 13.0. The summed E-state index contributed by atoms with van der Waals surface area (Å²) in [7, 11) is 0. The molecular weight excluding hydrogens is 779 g/mol. The average Bonchev–Trinajstić information content (AvgIpc) is 3.27. The van der Waals surface area contributed by atoms with Crippen LogP contribution in [-0.4, -0.2) is 87.5 Å². The molecule has 0 bridgehead atoms. The molecule has 0 aromatic rings. The minimum atomic E-state index is -1.56. The summed E-state index contributed by atoms with van der Waals surface area (Å²) in [5.74, 6) is -0.174. The third-order valence-electron chi connectivity index (χ3n) is 13.1. The molecule has 0 aliphatic carbocycles. The van der Waals surface area contributed by atoms with E-state index in [1.807, 2.05) is 6.08 Å². The van der Waals surface area contributed by atoms with E-state index in [0.29, 0.717) is 6.42 Å². The Morgan fingerprint density at radius 3 is 1.26 bits per heavy atom. The summed E-state index contributed by atoms with van der Waals surface area (Å²) in [6.07, 6.45) is 45.9. The highest BCUT2D eigenvalue weighted by molar-refractivity contribution is 5.76. The van der Waals surface area contributed by atoms with Crippen molar-refractivity contribution in [1.29, 1.82) is 0 Å². The van der Waals surface area contributed by atoms with E-state index < -0.39 is 49.5 Å². The molecule has 368 valence electrons. The zero-order valence-corrected chi connectivity index (χ0v) is 40.6. The van der Waals surface area contributed by atoms with Gasteiger partial charge < -0.3 is 40.3 Å². The van der Waals surface area contributed by atoms with Gasteiger partial charge in [0.2, 0.25) is 5.91 Å². The van der Waals surface area contributed by atoms with Gasteiger partial charge in [0, 0.05) is 6.42 Å². The summed E-state index contributed by atoms with van der Waals surface area (Å²) in [6, 6.07) is -0.797. The molecule has 1 rings (SSSR count). The van der Waals surface area contributed by atoms with Crippen LogP contribution in [0.2, 0.25) is 0 Å². The fourth-order valence-electron chi connectivity index (χ4n) is 8.81. The van der Waals surface area contributed by atoms with Crippen molar-refractivity contribution in [1.82, 2.24) is 5.32 Å². The molecule has 6 N–H and O–H groups in total. The maximum absolute atomic E-state index is 13.0. The first-order chi connectivity index (χ1) is 30.3. The number of aliphatic hydroxyl groups excluding tert-OH is 5. The van der Waals surface area contributed by atoms with Crippen LogP contribution in [0.25, 0.3) is 0 Å². The number of unbranched alkanes of at least 4 members (excludes halogenated alkanes) is 36. The van der Waals surface area contributed by atoms with Crippen LogP contribution < -0.4 is 5.32 Å². The number of nitrogens with one attached hydrogen (secondary N) is 1. The Hall–Kier alpha value is -1.07. The van der Waals surface area contributed by atoms with E-state index in [0.717, 1.165) is 38.5 Å². The van der Waals surface area contributed by atoms with Crippen LogP contribution in [0.4, 0.5) is 0 Å². The number of rotatable bonds is 46. The van der Waals surface area contributed by atoms with E-state index in [-0.39, 0.29) is 12.5 Å². The average molecular weight is 882 g/mol. The van der Waals surface area contributed by atoms with Gasteiger partial charge in [0.1, 0.15) is 24.4 Å². The summed E-state index contributed by atoms with van der Waals surface area (Å²) in [5, 5.41) is 54.1. The van der Waals surface area contributed by atoms with Gasteiger partial charge in [-0.3, -0.25) is 4.79 Å². The van der Waals surface area contributed by atoms with Crippen molar-refractivity contribution in [3.63, 3.8) is 0 Å². The Labute approximate surface area is 382 Å². The van der Waals surface area contributed by atoms with Gasteiger partial charge in [-0.25, -0.2) is 0 Å². The first-order valence-corrected chi connectivity index (χ1v) is 26.9. The topological polar surface area (TPSA) is 149 Å². The molecule has 0 aromatic heterocycles. The number of hydrogen-bond donors (Lipinski definition) is 6. The predicted octanol–water partition coefficient (Wildman–Crippen LogP) is 12.5. The van der Waals surface area contributed by atoms with Crippen LogP contribution in [0.3, 0.4) is 0 Å². The van der Waals surface area contributed by atoms with Crippen LogP contribution in [0.1, 0.15) is 264 Å². The Morgan fingerprint density at radius 2 is 0.887 bits per heavy atom. The van der Waals surface area contributed by atoms with Crippen molar-refractivity contribution in [3.8, 4) is 0 Å². The number of carbonyl (C=O) groups is 1. The molecule has 62 heavy (non-hydrogen) atoms. The van der Waals surface area contributed by atoms with Crippen molar-refractivity contribution in [2.45, 2.75) is 307 Å². The van der Waals surface area contributed by atoms with E-state index in [1.54, 1.807) is 6.08 Å². The zero-order valence-electron chi connectivity index (χ0n) is 40.6. The number of amides is 1. The smallest absolute Gasteiger partial charge is 0.220 e. The van der Waals surface area contributed by atoms with E-state index in [2.05, 4.69) is 19.2 Å². The molecule has 0 radical (unpaired) electrons. The number of aliphatic hydroxyl groups is 5. The van der Waals surface area contributed by atoms with Crippen LogP contribution in [0.5, 0.6) is 0 Å². The van der Waals surface area contributed by atoms with Gasteiger partial charge in [-0.15, -0.1) is 0 Å². The highest BCUT2D eigenvalue weighted by Gasteiger charge is 2.44.